The molecule has 0 spiro atoms. The van der Waals surface area contributed by atoms with Crippen LogP contribution in [0.5, 0.6) is 0 Å². The van der Waals surface area contributed by atoms with Crippen molar-refractivity contribution < 1.29 is 5.21 Å². The zero-order chi connectivity index (χ0) is 13.0. The van der Waals surface area contributed by atoms with Crippen LogP contribution in [0.1, 0.15) is 5.56 Å². The third kappa shape index (κ3) is 2.94. The van der Waals surface area contributed by atoms with Gasteiger partial charge in [-0.05, 0) is 18.2 Å². The molecule has 0 aliphatic rings. The quantitative estimate of drug-likeness (QED) is 0.392. The molecule has 0 amide bonds. The number of oxime groups is 1. The van der Waals surface area contributed by atoms with Crippen molar-refractivity contribution in [3.8, 4) is 0 Å². The van der Waals surface area contributed by atoms with Gasteiger partial charge in [0.1, 0.15) is 5.03 Å². The van der Waals surface area contributed by atoms with E-state index in [1.165, 1.54) is 11.8 Å². The Balaban J connectivity index is 2.32. The molecule has 92 valence electrons. The Morgan fingerprint density at radius 1 is 1.28 bits per heavy atom. The second-order valence-corrected chi connectivity index (χ2v) is 4.90. The molecule has 0 bridgehead atoms. The number of amidine groups is 1. The molecule has 0 fully saturated rings. The molecule has 1 heterocycles. The zero-order valence-corrected chi connectivity index (χ0v) is 10.8. The Labute approximate surface area is 113 Å². The van der Waals surface area contributed by atoms with Crippen LogP contribution < -0.4 is 5.73 Å². The van der Waals surface area contributed by atoms with Gasteiger partial charge in [-0.1, -0.05) is 46.7 Å². The number of nitrogens with zero attached hydrogens (tertiary/aromatic N) is 2. The van der Waals surface area contributed by atoms with Gasteiger partial charge in [0.05, 0.1) is 5.02 Å². The minimum Gasteiger partial charge on any atom is -0.409 e. The summed E-state index contributed by atoms with van der Waals surface area (Å²) < 4.78 is 0. The largest absolute Gasteiger partial charge is 0.409 e. The van der Waals surface area contributed by atoms with Crippen molar-refractivity contribution in [3.63, 3.8) is 0 Å². The number of nitrogens with two attached hydrogens (primary N) is 1. The predicted molar refractivity (Wildman–Crippen MR) is 72.3 cm³/mol. The third-order valence-electron chi connectivity index (χ3n) is 2.19. The van der Waals surface area contributed by atoms with E-state index >= 15 is 0 Å². The van der Waals surface area contributed by atoms with Crippen LogP contribution in [0.15, 0.2) is 57.7 Å². The molecule has 0 saturated carbocycles. The molecule has 0 aliphatic heterocycles. The van der Waals surface area contributed by atoms with Gasteiger partial charge in [-0.3, -0.25) is 0 Å². The van der Waals surface area contributed by atoms with E-state index in [0.29, 0.717) is 10.6 Å². The molecule has 6 heteroatoms. The first-order valence-corrected chi connectivity index (χ1v) is 6.26. The fraction of sp³-hybridized carbons (Fsp3) is 0. The average Bonchev–Trinajstić information content (AvgIpc) is 2.41. The molecular formula is C12H10ClN3OS. The maximum Gasteiger partial charge on any atom is 0.171 e. The van der Waals surface area contributed by atoms with Gasteiger partial charge >= 0.3 is 0 Å². The van der Waals surface area contributed by atoms with E-state index in [4.69, 9.17) is 22.5 Å². The average molecular weight is 280 g/mol. The summed E-state index contributed by atoms with van der Waals surface area (Å²) in [6, 6.07) is 11.0. The second-order valence-electron chi connectivity index (χ2n) is 3.40. The maximum atomic E-state index is 8.74. The second kappa shape index (κ2) is 5.75. The summed E-state index contributed by atoms with van der Waals surface area (Å²) in [5, 5.41) is 13.1. The topological polar surface area (TPSA) is 71.5 Å². The molecule has 0 radical (unpaired) electrons. The Bertz CT molecular complexity index is 572. The lowest BCUT2D eigenvalue weighted by atomic mass is 10.2. The molecule has 0 saturated heterocycles. The zero-order valence-electron chi connectivity index (χ0n) is 9.25. The van der Waals surface area contributed by atoms with E-state index in [0.717, 1.165) is 9.92 Å². The molecule has 1 aromatic heterocycles. The summed E-state index contributed by atoms with van der Waals surface area (Å²) in [7, 11) is 0. The van der Waals surface area contributed by atoms with Gasteiger partial charge in [0.2, 0.25) is 0 Å². The van der Waals surface area contributed by atoms with Crippen LogP contribution in [0.2, 0.25) is 5.02 Å². The van der Waals surface area contributed by atoms with Crippen molar-refractivity contribution in [1.82, 2.24) is 4.98 Å². The lowest BCUT2D eigenvalue weighted by Gasteiger charge is -2.06. The first-order valence-electron chi connectivity index (χ1n) is 5.07. The number of hydrogen-bond donors (Lipinski definition) is 2. The van der Waals surface area contributed by atoms with Gasteiger partial charge in [-0.25, -0.2) is 4.98 Å². The molecule has 0 unspecified atom stereocenters. The number of benzene rings is 1. The third-order valence-corrected chi connectivity index (χ3v) is 3.44. The number of rotatable bonds is 3. The van der Waals surface area contributed by atoms with E-state index < -0.39 is 0 Å². The van der Waals surface area contributed by atoms with Crippen LogP contribution in [-0.2, 0) is 0 Å². The molecule has 0 aliphatic carbocycles. The first kappa shape index (κ1) is 12.7. The van der Waals surface area contributed by atoms with E-state index in [1.54, 1.807) is 18.3 Å². The van der Waals surface area contributed by atoms with Crippen LogP contribution in [0.4, 0.5) is 0 Å². The summed E-state index contributed by atoms with van der Waals surface area (Å²) in [6.45, 7) is 0. The predicted octanol–water partition coefficient (Wildman–Crippen LogP) is 2.98. The summed E-state index contributed by atoms with van der Waals surface area (Å²) in [6.07, 6.45) is 1.58. The number of hydrogen-bond acceptors (Lipinski definition) is 4. The van der Waals surface area contributed by atoms with Crippen LogP contribution in [-0.4, -0.2) is 16.0 Å². The molecule has 0 atom stereocenters. The number of aromatic nitrogens is 1. The first-order chi connectivity index (χ1) is 8.70. The van der Waals surface area contributed by atoms with E-state index in [9.17, 15) is 0 Å². The lowest BCUT2D eigenvalue weighted by Crippen LogP contribution is -2.14. The van der Waals surface area contributed by atoms with Gasteiger partial charge in [-0.15, -0.1) is 0 Å². The Hall–Kier alpha value is -1.72. The highest BCUT2D eigenvalue weighted by atomic mass is 35.5. The summed E-state index contributed by atoms with van der Waals surface area (Å²) in [5.41, 5.74) is 6.29. The highest BCUT2D eigenvalue weighted by Crippen LogP contribution is 2.29. The number of pyridine rings is 1. The van der Waals surface area contributed by atoms with Crippen LogP contribution in [0.25, 0.3) is 0 Å². The fourth-order valence-corrected chi connectivity index (χ4v) is 2.36. The monoisotopic (exact) mass is 279 g/mol. The smallest absolute Gasteiger partial charge is 0.171 e. The molecule has 1 aromatic carbocycles. The fourth-order valence-electron chi connectivity index (χ4n) is 1.36. The van der Waals surface area contributed by atoms with Crippen LogP contribution in [0.3, 0.4) is 0 Å². The minimum atomic E-state index is 0.0760. The van der Waals surface area contributed by atoms with Gasteiger partial charge in [0.15, 0.2) is 5.84 Å². The summed E-state index contributed by atoms with van der Waals surface area (Å²) >= 11 is 7.20. The van der Waals surface area contributed by atoms with Crippen molar-refractivity contribution in [3.05, 3.63) is 53.2 Å². The van der Waals surface area contributed by atoms with Gasteiger partial charge < -0.3 is 10.9 Å². The maximum absolute atomic E-state index is 8.74. The van der Waals surface area contributed by atoms with Crippen molar-refractivity contribution in [2.75, 3.05) is 0 Å². The SMILES string of the molecule is NC(=NO)c1ccccc1Sc1ccc(Cl)cn1. The Morgan fingerprint density at radius 2 is 2.06 bits per heavy atom. The van der Waals surface area contributed by atoms with Gasteiger partial charge in [-0.2, -0.15) is 0 Å². The standard InChI is InChI=1S/C12H10ClN3OS/c13-8-5-6-11(15-7-8)18-10-4-2-1-3-9(10)12(14)16-17/h1-7,17H,(H2,14,16). The van der Waals surface area contributed by atoms with E-state index in [1.807, 2.05) is 24.3 Å². The summed E-state index contributed by atoms with van der Waals surface area (Å²) in [4.78, 5) is 5.05. The van der Waals surface area contributed by atoms with Crippen LogP contribution >= 0.6 is 23.4 Å². The highest BCUT2D eigenvalue weighted by molar-refractivity contribution is 7.99. The number of halogens is 1. The summed E-state index contributed by atoms with van der Waals surface area (Å²) in [5.74, 6) is 0.0760. The van der Waals surface area contributed by atoms with Crippen molar-refractivity contribution in [1.29, 1.82) is 0 Å². The molecule has 2 aromatic rings. The molecule has 2 rings (SSSR count). The highest BCUT2D eigenvalue weighted by Gasteiger charge is 2.08. The van der Waals surface area contributed by atoms with E-state index in [-0.39, 0.29) is 5.84 Å². The Morgan fingerprint density at radius 3 is 2.72 bits per heavy atom. The van der Waals surface area contributed by atoms with Crippen molar-refractivity contribution in [2.45, 2.75) is 9.92 Å². The lowest BCUT2D eigenvalue weighted by molar-refractivity contribution is 0.318. The van der Waals surface area contributed by atoms with Crippen molar-refractivity contribution >= 4 is 29.2 Å². The molecule has 3 N–H and O–H groups in total. The van der Waals surface area contributed by atoms with E-state index in [2.05, 4.69) is 10.1 Å². The molecule has 4 nitrogen and oxygen atoms in total. The van der Waals surface area contributed by atoms with Gasteiger partial charge in [0.25, 0.3) is 0 Å². The molecular weight excluding hydrogens is 270 g/mol. The van der Waals surface area contributed by atoms with Crippen molar-refractivity contribution in [2.24, 2.45) is 10.9 Å². The normalized spacial score (nSPS) is 11.5. The van der Waals surface area contributed by atoms with Crippen LogP contribution in [0, 0.1) is 0 Å². The van der Waals surface area contributed by atoms with Gasteiger partial charge in [0, 0.05) is 16.7 Å². The molecule has 18 heavy (non-hydrogen) atoms. The Kier molecular flexibility index (Phi) is 4.07. The minimum absolute atomic E-state index is 0.0760.